The fourth-order valence-electron chi connectivity index (χ4n) is 5.79. The number of rotatable bonds is 7. The first-order chi connectivity index (χ1) is 15.9. The Morgan fingerprint density at radius 3 is 2.58 bits per heavy atom. The number of aromatic amines is 1. The molecule has 6 rings (SSSR count). The van der Waals surface area contributed by atoms with Crippen molar-refractivity contribution in [1.82, 2.24) is 10.3 Å². The summed E-state index contributed by atoms with van der Waals surface area (Å²) in [6.45, 7) is 1.96. The first-order valence-electron chi connectivity index (χ1n) is 11.9. The standard InChI is InChI=1S/C25H31N3O3S2/c26-25(29)22-9-15(17-5-18(32-13-17)11-27-10-14-1-2-14)8-21-23(12-28-24(21)22)16-6-19-3-4-20(7-16)33(19,30)31/h5,8-9,12-14,16,19-20,27-28,30-31H,1-4,6-7,10-11H2,(H2,26,29)/t16-,19+,20-. The van der Waals surface area contributed by atoms with E-state index in [-0.39, 0.29) is 16.4 Å². The van der Waals surface area contributed by atoms with E-state index in [1.165, 1.54) is 23.3 Å². The topological polar surface area (TPSA) is 111 Å². The molecule has 4 heterocycles. The van der Waals surface area contributed by atoms with E-state index < -0.39 is 16.5 Å². The molecule has 2 aromatic heterocycles. The first-order valence-corrected chi connectivity index (χ1v) is 14.4. The molecule has 0 radical (unpaired) electrons. The van der Waals surface area contributed by atoms with Crippen LogP contribution in [0.15, 0.2) is 29.8 Å². The number of hydrogen-bond donors (Lipinski definition) is 5. The summed E-state index contributed by atoms with van der Waals surface area (Å²) in [5, 5.41) is 6.72. The molecule has 1 saturated carbocycles. The number of hydrogen-bond acceptors (Lipinski definition) is 5. The molecule has 8 heteroatoms. The number of carbonyl (C=O) groups is 1. The van der Waals surface area contributed by atoms with Crippen molar-refractivity contribution in [3.8, 4) is 11.1 Å². The lowest BCUT2D eigenvalue weighted by molar-refractivity contribution is 0.100. The maximum absolute atomic E-state index is 12.3. The Labute approximate surface area is 199 Å². The fraction of sp³-hybridized carbons (Fsp3) is 0.480. The lowest BCUT2D eigenvalue weighted by atomic mass is 9.89. The van der Waals surface area contributed by atoms with Crippen molar-refractivity contribution in [2.45, 2.75) is 61.5 Å². The van der Waals surface area contributed by atoms with Crippen LogP contribution >= 0.6 is 21.9 Å². The van der Waals surface area contributed by atoms with Crippen molar-refractivity contribution in [3.63, 3.8) is 0 Å². The van der Waals surface area contributed by atoms with E-state index >= 15 is 0 Å². The predicted octanol–water partition coefficient (Wildman–Crippen LogP) is 5.65. The second-order valence-electron chi connectivity index (χ2n) is 10.1. The lowest BCUT2D eigenvalue weighted by Gasteiger charge is -2.46. The zero-order valence-corrected chi connectivity index (χ0v) is 20.2. The number of aromatic nitrogens is 1. The molecule has 2 saturated heterocycles. The minimum atomic E-state index is -2.47. The van der Waals surface area contributed by atoms with Crippen LogP contribution in [0.3, 0.4) is 0 Å². The van der Waals surface area contributed by atoms with Crippen molar-refractivity contribution in [2.24, 2.45) is 11.7 Å². The summed E-state index contributed by atoms with van der Waals surface area (Å²) in [6, 6.07) is 6.28. The van der Waals surface area contributed by atoms with Gasteiger partial charge in [-0.2, -0.15) is 10.6 Å². The molecule has 3 fully saturated rings. The molecule has 6 nitrogen and oxygen atoms in total. The Morgan fingerprint density at radius 2 is 1.88 bits per heavy atom. The van der Waals surface area contributed by atoms with Crippen molar-refractivity contribution in [2.75, 3.05) is 6.54 Å². The molecule has 33 heavy (non-hydrogen) atoms. The molecule has 3 atom stereocenters. The van der Waals surface area contributed by atoms with Crippen LogP contribution in [-0.4, -0.2) is 37.0 Å². The van der Waals surface area contributed by atoms with E-state index in [0.29, 0.717) is 5.56 Å². The Bertz CT molecular complexity index is 1200. The van der Waals surface area contributed by atoms with Crippen molar-refractivity contribution in [1.29, 1.82) is 0 Å². The smallest absolute Gasteiger partial charge is 0.250 e. The summed E-state index contributed by atoms with van der Waals surface area (Å²) in [5.74, 6) is 0.682. The van der Waals surface area contributed by atoms with E-state index in [2.05, 4.69) is 27.8 Å². The van der Waals surface area contributed by atoms with Gasteiger partial charge in [0, 0.05) is 33.5 Å². The molecule has 0 unspecified atom stereocenters. The summed E-state index contributed by atoms with van der Waals surface area (Å²) in [6.07, 6.45) is 8.07. The highest BCUT2D eigenvalue weighted by molar-refractivity contribution is 8.25. The number of fused-ring (bicyclic) bond motifs is 3. The Hall–Kier alpha value is -1.84. The second kappa shape index (κ2) is 8.13. The van der Waals surface area contributed by atoms with Crippen molar-refractivity contribution >= 4 is 38.7 Å². The van der Waals surface area contributed by atoms with Gasteiger partial charge in [-0.15, -0.1) is 11.3 Å². The van der Waals surface area contributed by atoms with Gasteiger partial charge < -0.3 is 16.0 Å². The van der Waals surface area contributed by atoms with Crippen LogP contribution in [0, 0.1) is 5.92 Å². The zero-order valence-electron chi connectivity index (χ0n) is 18.5. The Morgan fingerprint density at radius 1 is 1.12 bits per heavy atom. The third-order valence-electron chi connectivity index (χ3n) is 7.83. The summed E-state index contributed by atoms with van der Waals surface area (Å²) in [5.41, 5.74) is 10.4. The molecule has 6 N–H and O–H groups in total. The third-order valence-corrected chi connectivity index (χ3v) is 11.6. The molecule has 176 valence electrons. The second-order valence-corrected chi connectivity index (χ2v) is 13.7. The SMILES string of the molecule is NC(=O)c1cc(-c2csc(CNCC3CC3)c2)cc2c([C@H]3C[C@H]4CC[C@@H](C3)S4(O)O)c[nH]c12. The number of thiophene rings is 1. The molecule has 0 spiro atoms. The third kappa shape index (κ3) is 3.91. The molecule has 1 aliphatic carbocycles. The molecule has 1 aromatic carbocycles. The van der Waals surface area contributed by atoms with Crippen molar-refractivity contribution in [3.05, 3.63) is 45.8 Å². The monoisotopic (exact) mass is 485 g/mol. The number of benzene rings is 1. The number of H-pyrrole nitrogens is 1. The maximum Gasteiger partial charge on any atom is 0.250 e. The quantitative estimate of drug-likeness (QED) is 0.297. The van der Waals surface area contributed by atoms with Gasteiger partial charge in [0.2, 0.25) is 0 Å². The molecular weight excluding hydrogens is 454 g/mol. The van der Waals surface area contributed by atoms with Gasteiger partial charge in [0.25, 0.3) is 5.91 Å². The van der Waals surface area contributed by atoms with Gasteiger partial charge in [0.15, 0.2) is 0 Å². The molecule has 3 aromatic rings. The van der Waals surface area contributed by atoms with Crippen LogP contribution in [0.5, 0.6) is 0 Å². The fourth-order valence-corrected chi connectivity index (χ4v) is 9.20. The van der Waals surface area contributed by atoms with E-state index in [1.54, 1.807) is 11.3 Å². The van der Waals surface area contributed by atoms with Crippen LogP contribution < -0.4 is 11.1 Å². The van der Waals surface area contributed by atoms with Gasteiger partial charge in [-0.3, -0.25) is 13.9 Å². The van der Waals surface area contributed by atoms with Gasteiger partial charge in [-0.25, -0.2) is 0 Å². The van der Waals surface area contributed by atoms with E-state index in [9.17, 15) is 13.9 Å². The zero-order chi connectivity index (χ0) is 22.7. The van der Waals surface area contributed by atoms with E-state index in [0.717, 1.165) is 66.7 Å². The Kier molecular flexibility index (Phi) is 5.34. The normalized spacial score (nSPS) is 27.2. The number of primary amides is 1. The van der Waals surface area contributed by atoms with Crippen LogP contribution in [0.2, 0.25) is 0 Å². The highest BCUT2D eigenvalue weighted by Gasteiger charge is 2.47. The first kappa shape index (κ1) is 21.7. The molecule has 3 aliphatic rings. The van der Waals surface area contributed by atoms with Crippen LogP contribution in [-0.2, 0) is 6.54 Å². The van der Waals surface area contributed by atoms with Gasteiger partial charge in [0.05, 0.1) is 11.1 Å². The van der Waals surface area contributed by atoms with Crippen LogP contribution in [0.4, 0.5) is 0 Å². The summed E-state index contributed by atoms with van der Waals surface area (Å²) >= 11 is 1.74. The Balaban J connectivity index is 1.33. The van der Waals surface area contributed by atoms with Crippen molar-refractivity contribution < 1.29 is 13.9 Å². The summed E-state index contributed by atoms with van der Waals surface area (Å²) < 4.78 is 21.2. The average molecular weight is 486 g/mol. The molecular formula is C25H31N3O3S2. The largest absolute Gasteiger partial charge is 0.366 e. The van der Waals surface area contributed by atoms with Crippen LogP contribution in [0.25, 0.3) is 22.0 Å². The van der Waals surface area contributed by atoms with Gasteiger partial charge in [0.1, 0.15) is 0 Å². The number of carbonyl (C=O) groups excluding carboxylic acids is 1. The van der Waals surface area contributed by atoms with Gasteiger partial charge in [-0.1, -0.05) is 0 Å². The minimum Gasteiger partial charge on any atom is -0.366 e. The van der Waals surface area contributed by atoms with Gasteiger partial charge in [-0.05, 0) is 97.2 Å². The highest BCUT2D eigenvalue weighted by Crippen LogP contribution is 2.66. The molecule has 1 amide bonds. The van der Waals surface area contributed by atoms with E-state index in [1.807, 2.05) is 12.3 Å². The number of nitrogens with two attached hydrogens (primary N) is 1. The number of nitrogens with one attached hydrogen (secondary N) is 2. The summed E-state index contributed by atoms with van der Waals surface area (Å²) in [4.78, 5) is 16.9. The average Bonchev–Trinajstić information content (AvgIpc) is 3.30. The lowest BCUT2D eigenvalue weighted by Crippen LogP contribution is -2.28. The maximum atomic E-state index is 12.3. The van der Waals surface area contributed by atoms with Gasteiger partial charge >= 0.3 is 0 Å². The number of amides is 1. The molecule has 2 bridgehead atoms. The predicted molar refractivity (Wildman–Crippen MR) is 136 cm³/mol. The van der Waals surface area contributed by atoms with E-state index in [4.69, 9.17) is 5.73 Å². The minimum absolute atomic E-state index is 0.00688. The highest BCUT2D eigenvalue weighted by atomic mass is 32.3. The summed E-state index contributed by atoms with van der Waals surface area (Å²) in [7, 11) is -2.47. The molecule has 2 aliphatic heterocycles. The van der Waals surface area contributed by atoms with Crippen LogP contribution in [0.1, 0.15) is 65.2 Å².